The van der Waals surface area contributed by atoms with E-state index in [0.29, 0.717) is 11.4 Å². The van der Waals surface area contributed by atoms with Crippen LogP contribution in [0.2, 0.25) is 0 Å². The first kappa shape index (κ1) is 20.7. The van der Waals surface area contributed by atoms with Crippen molar-refractivity contribution in [3.8, 4) is 0 Å². The second-order valence-electron chi connectivity index (χ2n) is 6.64. The molecule has 0 fully saturated rings. The van der Waals surface area contributed by atoms with E-state index >= 15 is 0 Å². The van der Waals surface area contributed by atoms with Crippen LogP contribution in [-0.2, 0) is 19.1 Å². The quantitative estimate of drug-likeness (QED) is 0.351. The van der Waals surface area contributed by atoms with E-state index in [0.717, 1.165) is 6.08 Å². The van der Waals surface area contributed by atoms with Crippen molar-refractivity contribution < 1.29 is 24.0 Å². The zero-order valence-corrected chi connectivity index (χ0v) is 16.1. The average Bonchev–Trinajstić information content (AvgIpc) is 2.84. The first-order chi connectivity index (χ1) is 14.4. The van der Waals surface area contributed by atoms with Crippen molar-refractivity contribution in [3.05, 3.63) is 70.3 Å². The van der Waals surface area contributed by atoms with Gasteiger partial charge < -0.3 is 15.0 Å². The van der Waals surface area contributed by atoms with E-state index in [2.05, 4.69) is 5.32 Å². The highest BCUT2D eigenvalue weighted by Gasteiger charge is 2.29. The highest BCUT2D eigenvalue weighted by Crippen LogP contribution is 2.31. The van der Waals surface area contributed by atoms with Crippen molar-refractivity contribution in [1.82, 2.24) is 0 Å². The lowest BCUT2D eigenvalue weighted by atomic mass is 10.1. The summed E-state index contributed by atoms with van der Waals surface area (Å²) in [6.45, 7) is 1.20. The maximum Gasteiger partial charge on any atom is 0.331 e. The molecule has 154 valence electrons. The number of anilines is 2. The number of esters is 1. The van der Waals surface area contributed by atoms with E-state index < -0.39 is 29.4 Å². The molecule has 2 amide bonds. The van der Waals surface area contributed by atoms with Crippen molar-refractivity contribution in [1.29, 1.82) is 0 Å². The number of benzene rings is 2. The minimum atomic E-state index is -0.813. The molecule has 1 aliphatic rings. The average molecular weight is 409 g/mol. The fraction of sp³-hybridized carbons (Fsp3) is 0.190. The van der Waals surface area contributed by atoms with Gasteiger partial charge in [-0.3, -0.25) is 19.7 Å². The number of nitro groups is 1. The smallest absolute Gasteiger partial charge is 0.331 e. The number of nitro benzene ring substituents is 1. The van der Waals surface area contributed by atoms with Crippen molar-refractivity contribution >= 4 is 40.9 Å². The van der Waals surface area contributed by atoms with E-state index in [1.54, 1.807) is 37.3 Å². The number of hydrogen-bond donors (Lipinski definition) is 1. The minimum Gasteiger partial charge on any atom is -0.452 e. The van der Waals surface area contributed by atoms with E-state index in [9.17, 15) is 24.5 Å². The largest absolute Gasteiger partial charge is 0.452 e. The molecular formula is C21H19N3O6. The van der Waals surface area contributed by atoms with Crippen LogP contribution in [0.1, 0.15) is 18.9 Å². The number of nitrogens with one attached hydrogen (secondary N) is 1. The number of amides is 2. The monoisotopic (exact) mass is 409 g/mol. The molecule has 0 aliphatic carbocycles. The Morgan fingerprint density at radius 3 is 2.70 bits per heavy atom. The zero-order valence-electron chi connectivity index (χ0n) is 16.1. The summed E-state index contributed by atoms with van der Waals surface area (Å²) in [6.07, 6.45) is 2.39. The Balaban J connectivity index is 1.69. The third-order valence-electron chi connectivity index (χ3n) is 4.50. The fourth-order valence-corrected chi connectivity index (χ4v) is 3.17. The first-order valence-electron chi connectivity index (χ1n) is 9.16. The zero-order chi connectivity index (χ0) is 21.7. The Kier molecular flexibility index (Phi) is 6.21. The number of fused-ring (bicyclic) bond motifs is 1. The number of hydrogen-bond acceptors (Lipinski definition) is 6. The van der Waals surface area contributed by atoms with Gasteiger partial charge in [0.1, 0.15) is 0 Å². The Bertz CT molecular complexity index is 1030. The normalized spacial score (nSPS) is 15.8. The molecule has 9 heteroatoms. The maximum absolute atomic E-state index is 12.7. The van der Waals surface area contributed by atoms with Gasteiger partial charge in [0, 0.05) is 24.6 Å². The SMILES string of the molecule is C[C@H]1CC(=O)Nc2ccccc2N1C(=O)COC(=O)/C=C/c1ccccc1[N+](=O)[O-]. The molecule has 0 unspecified atom stereocenters. The van der Waals surface area contributed by atoms with Gasteiger partial charge in [-0.05, 0) is 31.2 Å². The molecule has 0 aromatic heterocycles. The van der Waals surface area contributed by atoms with E-state index in [1.165, 1.54) is 29.2 Å². The third kappa shape index (κ3) is 4.69. The number of carbonyl (C=O) groups excluding carboxylic acids is 3. The van der Waals surface area contributed by atoms with Crippen LogP contribution in [0.15, 0.2) is 54.6 Å². The molecule has 2 aromatic rings. The van der Waals surface area contributed by atoms with Gasteiger partial charge in [-0.1, -0.05) is 24.3 Å². The van der Waals surface area contributed by atoms with Gasteiger partial charge in [-0.2, -0.15) is 0 Å². The molecule has 30 heavy (non-hydrogen) atoms. The van der Waals surface area contributed by atoms with Crippen LogP contribution in [-0.4, -0.2) is 35.4 Å². The molecule has 9 nitrogen and oxygen atoms in total. The van der Waals surface area contributed by atoms with Gasteiger partial charge >= 0.3 is 5.97 Å². The lowest BCUT2D eigenvalue weighted by Gasteiger charge is -2.27. The topological polar surface area (TPSA) is 119 Å². The van der Waals surface area contributed by atoms with Crippen LogP contribution in [0.5, 0.6) is 0 Å². The Labute approximate surface area is 172 Å². The highest BCUT2D eigenvalue weighted by atomic mass is 16.6. The molecule has 2 aromatic carbocycles. The molecule has 0 bridgehead atoms. The van der Waals surface area contributed by atoms with Crippen LogP contribution < -0.4 is 10.2 Å². The summed E-state index contributed by atoms with van der Waals surface area (Å²) in [6, 6.07) is 12.4. The fourth-order valence-electron chi connectivity index (χ4n) is 3.17. The Morgan fingerprint density at radius 2 is 1.93 bits per heavy atom. The van der Waals surface area contributed by atoms with Crippen molar-refractivity contribution in [2.45, 2.75) is 19.4 Å². The lowest BCUT2D eigenvalue weighted by molar-refractivity contribution is -0.385. The number of nitrogens with zero attached hydrogens (tertiary/aromatic N) is 2. The second-order valence-corrected chi connectivity index (χ2v) is 6.64. The van der Waals surface area contributed by atoms with Crippen LogP contribution in [0.3, 0.4) is 0 Å². The predicted molar refractivity (Wildman–Crippen MR) is 110 cm³/mol. The van der Waals surface area contributed by atoms with Crippen molar-refractivity contribution in [2.24, 2.45) is 0 Å². The van der Waals surface area contributed by atoms with Crippen LogP contribution in [0.25, 0.3) is 6.08 Å². The van der Waals surface area contributed by atoms with E-state index in [4.69, 9.17) is 4.74 Å². The van der Waals surface area contributed by atoms with Crippen LogP contribution in [0.4, 0.5) is 17.1 Å². The van der Waals surface area contributed by atoms with E-state index in [1.807, 2.05) is 0 Å². The van der Waals surface area contributed by atoms with Gasteiger partial charge in [0.15, 0.2) is 6.61 Å². The molecule has 3 rings (SSSR count). The van der Waals surface area contributed by atoms with Gasteiger partial charge in [0.2, 0.25) is 5.91 Å². The van der Waals surface area contributed by atoms with Gasteiger partial charge in [-0.25, -0.2) is 4.79 Å². The van der Waals surface area contributed by atoms with Crippen molar-refractivity contribution in [3.63, 3.8) is 0 Å². The molecule has 0 saturated carbocycles. The van der Waals surface area contributed by atoms with E-state index in [-0.39, 0.29) is 23.6 Å². The minimum absolute atomic E-state index is 0.103. The van der Waals surface area contributed by atoms with Gasteiger partial charge in [0.25, 0.3) is 11.6 Å². The molecular weight excluding hydrogens is 390 g/mol. The number of ether oxygens (including phenoxy) is 1. The highest BCUT2D eigenvalue weighted by molar-refractivity contribution is 6.05. The summed E-state index contributed by atoms with van der Waals surface area (Å²) in [5, 5.41) is 13.8. The summed E-state index contributed by atoms with van der Waals surface area (Å²) in [5.41, 5.74) is 1.12. The molecule has 0 radical (unpaired) electrons. The first-order valence-corrected chi connectivity index (χ1v) is 9.16. The predicted octanol–water partition coefficient (Wildman–Crippen LogP) is 2.92. The standard InChI is InChI=1S/C21H19N3O6/c1-14-12-19(25)22-16-7-3-5-9-18(16)23(14)20(26)13-30-21(27)11-10-15-6-2-4-8-17(15)24(28)29/h2-11,14H,12-13H2,1H3,(H,22,25)/b11-10+/t14-/m0/s1. The Hall–Kier alpha value is -4.01. The summed E-state index contributed by atoms with van der Waals surface area (Å²) >= 11 is 0. The van der Waals surface area contributed by atoms with Gasteiger partial charge in [0.05, 0.1) is 21.9 Å². The van der Waals surface area contributed by atoms with Crippen LogP contribution >= 0.6 is 0 Å². The van der Waals surface area contributed by atoms with Crippen molar-refractivity contribution in [2.75, 3.05) is 16.8 Å². The third-order valence-corrected chi connectivity index (χ3v) is 4.50. The molecule has 0 spiro atoms. The van der Waals surface area contributed by atoms with Gasteiger partial charge in [-0.15, -0.1) is 0 Å². The molecule has 1 N–H and O–H groups in total. The number of para-hydroxylation sites is 3. The number of rotatable bonds is 5. The Morgan fingerprint density at radius 1 is 1.23 bits per heavy atom. The summed E-state index contributed by atoms with van der Waals surface area (Å²) in [5.74, 6) is -1.51. The second kappa shape index (κ2) is 8.99. The number of carbonyl (C=O) groups is 3. The lowest BCUT2D eigenvalue weighted by Crippen LogP contribution is -2.41. The summed E-state index contributed by atoms with van der Waals surface area (Å²) in [4.78, 5) is 48.6. The maximum atomic E-state index is 12.7. The molecule has 0 saturated heterocycles. The van der Waals surface area contributed by atoms with Crippen LogP contribution in [0, 0.1) is 10.1 Å². The summed E-state index contributed by atoms with van der Waals surface area (Å²) < 4.78 is 5.02. The molecule has 1 atom stereocenters. The molecule has 1 heterocycles. The molecule has 1 aliphatic heterocycles. The summed E-state index contributed by atoms with van der Waals surface area (Å²) in [7, 11) is 0.